The molecule has 0 bridgehead atoms. The summed E-state index contributed by atoms with van der Waals surface area (Å²) in [4.78, 5) is 17.7. The smallest absolute Gasteiger partial charge is 0.252 e. The van der Waals surface area contributed by atoms with E-state index in [-0.39, 0.29) is 17.9 Å². The summed E-state index contributed by atoms with van der Waals surface area (Å²) in [6.45, 7) is 1.37. The lowest BCUT2D eigenvalue weighted by atomic mass is 9.91. The molecule has 1 aromatic heterocycles. The summed E-state index contributed by atoms with van der Waals surface area (Å²) in [6, 6.07) is 26.6. The van der Waals surface area contributed by atoms with Crippen LogP contribution in [-0.2, 0) is 4.74 Å². The number of thioether (sulfide) groups is 1. The monoisotopic (exact) mass is 456 g/mol. The molecule has 1 aliphatic heterocycles. The quantitative estimate of drug-likeness (QED) is 0.320. The minimum Gasteiger partial charge on any atom is -0.377 e. The standard InChI is InChI=1S/C28H28N2O2S/c31-28(23-13-5-7-15-27(23)33-19-21-11-8-16-32-21)30-17-24(20-9-2-1-3-10-20)25-18-29-26-14-6-4-12-22(25)26/h1-7,9-10,12-15,18,21,24,29H,8,11,16-17,19H2,(H,30,31). The molecule has 1 amide bonds. The van der Waals surface area contributed by atoms with E-state index in [9.17, 15) is 4.79 Å². The number of benzene rings is 3. The molecule has 33 heavy (non-hydrogen) atoms. The number of aromatic nitrogens is 1. The lowest BCUT2D eigenvalue weighted by Crippen LogP contribution is -2.29. The lowest BCUT2D eigenvalue weighted by molar-refractivity contribution is 0.0949. The first kappa shape index (κ1) is 21.8. The number of rotatable bonds is 8. The predicted octanol–water partition coefficient (Wildman–Crippen LogP) is 6.00. The zero-order chi connectivity index (χ0) is 22.5. The molecule has 0 saturated carbocycles. The summed E-state index contributed by atoms with van der Waals surface area (Å²) < 4.78 is 5.76. The Labute approximate surface area is 198 Å². The fraction of sp³-hybridized carbons (Fsp3) is 0.250. The molecule has 4 aromatic rings. The number of hydrogen-bond donors (Lipinski definition) is 2. The summed E-state index contributed by atoms with van der Waals surface area (Å²) in [7, 11) is 0. The maximum Gasteiger partial charge on any atom is 0.252 e. The number of nitrogens with one attached hydrogen (secondary N) is 2. The van der Waals surface area contributed by atoms with Crippen LogP contribution in [0.2, 0.25) is 0 Å². The van der Waals surface area contributed by atoms with Crippen molar-refractivity contribution in [2.75, 3.05) is 18.9 Å². The van der Waals surface area contributed by atoms with E-state index in [1.54, 1.807) is 11.8 Å². The first-order chi connectivity index (χ1) is 16.3. The van der Waals surface area contributed by atoms with Gasteiger partial charge in [0.15, 0.2) is 0 Å². The number of para-hydroxylation sites is 1. The zero-order valence-electron chi connectivity index (χ0n) is 18.5. The summed E-state index contributed by atoms with van der Waals surface area (Å²) in [5.41, 5.74) is 4.21. The van der Waals surface area contributed by atoms with Gasteiger partial charge in [-0.05, 0) is 42.2 Å². The van der Waals surface area contributed by atoms with Crippen molar-refractivity contribution < 1.29 is 9.53 Å². The van der Waals surface area contributed by atoms with Crippen molar-refractivity contribution in [2.45, 2.75) is 29.8 Å². The van der Waals surface area contributed by atoms with Crippen molar-refractivity contribution in [1.82, 2.24) is 10.3 Å². The Bertz CT molecular complexity index is 1210. The molecule has 0 radical (unpaired) electrons. The van der Waals surface area contributed by atoms with E-state index in [0.717, 1.165) is 41.2 Å². The Morgan fingerprint density at radius 1 is 1.03 bits per heavy atom. The van der Waals surface area contributed by atoms with Crippen molar-refractivity contribution in [3.63, 3.8) is 0 Å². The molecular weight excluding hydrogens is 428 g/mol. The second kappa shape index (κ2) is 10.3. The molecule has 1 aliphatic rings. The molecule has 1 fully saturated rings. The van der Waals surface area contributed by atoms with Crippen LogP contribution in [-0.4, -0.2) is 35.9 Å². The number of hydrogen-bond acceptors (Lipinski definition) is 3. The van der Waals surface area contributed by atoms with Crippen LogP contribution in [0, 0.1) is 0 Å². The van der Waals surface area contributed by atoms with E-state index in [1.807, 2.05) is 36.4 Å². The number of carbonyl (C=O) groups excluding carboxylic acids is 1. The van der Waals surface area contributed by atoms with E-state index in [2.05, 4.69) is 59.0 Å². The van der Waals surface area contributed by atoms with Gasteiger partial charge in [0.05, 0.1) is 11.7 Å². The number of ether oxygens (including phenoxy) is 1. The van der Waals surface area contributed by atoms with Crippen LogP contribution in [0.4, 0.5) is 0 Å². The highest BCUT2D eigenvalue weighted by molar-refractivity contribution is 7.99. The van der Waals surface area contributed by atoms with Crippen LogP contribution in [0.15, 0.2) is 90.0 Å². The van der Waals surface area contributed by atoms with Gasteiger partial charge < -0.3 is 15.0 Å². The summed E-state index contributed by atoms with van der Waals surface area (Å²) >= 11 is 1.71. The van der Waals surface area contributed by atoms with Gasteiger partial charge in [-0.2, -0.15) is 0 Å². The largest absolute Gasteiger partial charge is 0.377 e. The lowest BCUT2D eigenvalue weighted by Gasteiger charge is -2.19. The second-order valence-corrected chi connectivity index (χ2v) is 9.47. The van der Waals surface area contributed by atoms with Gasteiger partial charge in [0, 0.05) is 46.8 Å². The Kier molecular flexibility index (Phi) is 6.79. The third-order valence-electron chi connectivity index (χ3n) is 6.25. The van der Waals surface area contributed by atoms with Crippen molar-refractivity contribution in [2.24, 2.45) is 0 Å². The average Bonchev–Trinajstić information content (AvgIpc) is 3.54. The van der Waals surface area contributed by atoms with Crippen molar-refractivity contribution in [1.29, 1.82) is 0 Å². The highest BCUT2D eigenvalue weighted by atomic mass is 32.2. The minimum atomic E-state index is -0.0359. The molecular formula is C28H28N2O2S. The van der Waals surface area contributed by atoms with E-state index in [1.165, 1.54) is 16.5 Å². The van der Waals surface area contributed by atoms with E-state index in [0.29, 0.717) is 6.54 Å². The number of H-pyrrole nitrogens is 1. The van der Waals surface area contributed by atoms with E-state index >= 15 is 0 Å². The van der Waals surface area contributed by atoms with Crippen LogP contribution >= 0.6 is 11.8 Å². The van der Waals surface area contributed by atoms with Crippen LogP contribution in [0.3, 0.4) is 0 Å². The Morgan fingerprint density at radius 2 is 1.82 bits per heavy atom. The van der Waals surface area contributed by atoms with Crippen molar-refractivity contribution >= 4 is 28.6 Å². The molecule has 2 heterocycles. The van der Waals surface area contributed by atoms with Crippen LogP contribution in [0.1, 0.15) is 40.2 Å². The summed E-state index contributed by atoms with van der Waals surface area (Å²) in [5.74, 6) is 0.899. The summed E-state index contributed by atoms with van der Waals surface area (Å²) in [5, 5.41) is 4.41. The SMILES string of the molecule is O=C(NCC(c1ccccc1)c1c[nH]c2ccccc12)c1ccccc1SCC1CCCO1. The first-order valence-electron chi connectivity index (χ1n) is 11.5. The Morgan fingerprint density at radius 3 is 2.67 bits per heavy atom. The highest BCUT2D eigenvalue weighted by Gasteiger charge is 2.21. The maximum atomic E-state index is 13.3. The van der Waals surface area contributed by atoms with Gasteiger partial charge in [-0.1, -0.05) is 60.7 Å². The molecule has 5 heteroatoms. The highest BCUT2D eigenvalue weighted by Crippen LogP contribution is 2.31. The normalized spacial score (nSPS) is 16.7. The molecule has 2 atom stereocenters. The summed E-state index contributed by atoms with van der Waals surface area (Å²) in [6.07, 6.45) is 4.59. The molecule has 3 aromatic carbocycles. The van der Waals surface area contributed by atoms with Gasteiger partial charge in [0.2, 0.25) is 0 Å². The van der Waals surface area contributed by atoms with Crippen LogP contribution in [0.5, 0.6) is 0 Å². The fourth-order valence-electron chi connectivity index (χ4n) is 4.50. The van der Waals surface area contributed by atoms with Gasteiger partial charge >= 0.3 is 0 Å². The van der Waals surface area contributed by atoms with E-state index < -0.39 is 0 Å². The van der Waals surface area contributed by atoms with Gasteiger partial charge in [0.25, 0.3) is 5.91 Å². The Hall–Kier alpha value is -3.02. The maximum absolute atomic E-state index is 13.3. The van der Waals surface area contributed by atoms with Crippen LogP contribution < -0.4 is 5.32 Å². The molecule has 5 rings (SSSR count). The second-order valence-electron chi connectivity index (χ2n) is 8.41. The fourth-order valence-corrected chi connectivity index (χ4v) is 5.62. The Balaban J connectivity index is 1.35. The van der Waals surface area contributed by atoms with Crippen LogP contribution in [0.25, 0.3) is 10.9 Å². The molecule has 0 spiro atoms. The number of amides is 1. The molecule has 2 N–H and O–H groups in total. The molecule has 2 unspecified atom stereocenters. The molecule has 4 nitrogen and oxygen atoms in total. The molecule has 1 saturated heterocycles. The topological polar surface area (TPSA) is 54.1 Å². The minimum absolute atomic E-state index is 0.0359. The van der Waals surface area contributed by atoms with Crippen molar-refractivity contribution in [3.05, 3.63) is 102 Å². The third kappa shape index (κ3) is 5.00. The van der Waals surface area contributed by atoms with Crippen molar-refractivity contribution in [3.8, 4) is 0 Å². The number of fused-ring (bicyclic) bond motifs is 1. The average molecular weight is 457 g/mol. The van der Waals surface area contributed by atoms with Gasteiger partial charge in [-0.25, -0.2) is 0 Å². The molecule has 168 valence electrons. The zero-order valence-corrected chi connectivity index (χ0v) is 19.3. The van der Waals surface area contributed by atoms with Gasteiger partial charge in [-0.3, -0.25) is 4.79 Å². The first-order valence-corrected chi connectivity index (χ1v) is 12.5. The van der Waals surface area contributed by atoms with Gasteiger partial charge in [-0.15, -0.1) is 11.8 Å². The number of aromatic amines is 1. The van der Waals surface area contributed by atoms with Gasteiger partial charge in [0.1, 0.15) is 0 Å². The number of carbonyl (C=O) groups is 1. The van der Waals surface area contributed by atoms with E-state index in [4.69, 9.17) is 4.74 Å². The predicted molar refractivity (Wildman–Crippen MR) is 135 cm³/mol. The molecule has 0 aliphatic carbocycles. The third-order valence-corrected chi connectivity index (χ3v) is 7.45.